The zero-order chi connectivity index (χ0) is 11.7. The molecule has 3 rings (SSSR count). The molecule has 0 saturated heterocycles. The zero-order valence-electron chi connectivity index (χ0n) is 8.87. The number of nitrogens with zero attached hydrogens (tertiary/aromatic N) is 4. The summed E-state index contributed by atoms with van der Waals surface area (Å²) in [6, 6.07) is 10.1. The molecule has 0 unspecified atom stereocenters. The predicted octanol–water partition coefficient (Wildman–Crippen LogP) is 1.93. The lowest BCUT2D eigenvalue weighted by molar-refractivity contribution is 0.664. The summed E-state index contributed by atoms with van der Waals surface area (Å²) in [6.07, 6.45) is 1.56. The van der Waals surface area contributed by atoms with Crippen molar-refractivity contribution in [1.82, 2.24) is 25.0 Å². The van der Waals surface area contributed by atoms with Crippen molar-refractivity contribution >= 4 is 23.4 Å². The van der Waals surface area contributed by atoms with Crippen LogP contribution in [0.3, 0.4) is 0 Å². The van der Waals surface area contributed by atoms with Gasteiger partial charge in [-0.2, -0.15) is 0 Å². The predicted molar refractivity (Wildman–Crippen MR) is 66.1 cm³/mol. The molecule has 3 aromatic rings. The Kier molecular flexibility index (Phi) is 2.41. The van der Waals surface area contributed by atoms with Crippen molar-refractivity contribution in [1.29, 1.82) is 0 Å². The largest absolute Gasteiger partial charge is 0.329 e. The van der Waals surface area contributed by atoms with Crippen LogP contribution in [0.15, 0.2) is 36.7 Å². The molecule has 0 fully saturated rings. The van der Waals surface area contributed by atoms with Gasteiger partial charge in [-0.1, -0.05) is 47.8 Å². The van der Waals surface area contributed by atoms with Crippen molar-refractivity contribution < 1.29 is 0 Å². The Balaban J connectivity index is 2.08. The van der Waals surface area contributed by atoms with Crippen molar-refractivity contribution in [2.45, 2.75) is 6.54 Å². The molecule has 2 aromatic heterocycles. The maximum absolute atomic E-state index is 5.08. The van der Waals surface area contributed by atoms with Gasteiger partial charge in [0, 0.05) is 0 Å². The van der Waals surface area contributed by atoms with E-state index in [4.69, 9.17) is 12.2 Å². The lowest BCUT2D eigenvalue weighted by Gasteiger charge is -2.01. The summed E-state index contributed by atoms with van der Waals surface area (Å²) >= 11 is 5.08. The molecule has 0 amide bonds. The summed E-state index contributed by atoms with van der Waals surface area (Å²) in [4.78, 5) is 6.99. The van der Waals surface area contributed by atoms with E-state index in [1.807, 2.05) is 30.3 Å². The van der Waals surface area contributed by atoms with Crippen LogP contribution in [0.25, 0.3) is 11.2 Å². The van der Waals surface area contributed by atoms with Crippen molar-refractivity contribution in [2.24, 2.45) is 0 Å². The fourth-order valence-electron chi connectivity index (χ4n) is 1.68. The van der Waals surface area contributed by atoms with Crippen LogP contribution >= 0.6 is 12.2 Å². The maximum Gasteiger partial charge on any atom is 0.166 e. The van der Waals surface area contributed by atoms with Gasteiger partial charge in [-0.25, -0.2) is 9.67 Å². The molecular weight excluding hydrogens is 234 g/mol. The fourth-order valence-corrected chi connectivity index (χ4v) is 1.87. The summed E-state index contributed by atoms with van der Waals surface area (Å²) in [7, 11) is 0. The summed E-state index contributed by atoms with van der Waals surface area (Å²) < 4.78 is 2.25. The number of aromatic nitrogens is 5. The highest BCUT2D eigenvalue weighted by molar-refractivity contribution is 7.71. The van der Waals surface area contributed by atoms with E-state index < -0.39 is 0 Å². The SMILES string of the molecule is S=c1nc[nH]c2c1nnn2Cc1ccccc1. The van der Waals surface area contributed by atoms with Crippen LogP contribution in [-0.4, -0.2) is 25.0 Å². The van der Waals surface area contributed by atoms with Gasteiger partial charge in [0.05, 0.1) is 12.9 Å². The molecule has 0 aliphatic carbocycles. The van der Waals surface area contributed by atoms with Gasteiger partial charge < -0.3 is 4.98 Å². The van der Waals surface area contributed by atoms with Crippen LogP contribution in [0.4, 0.5) is 0 Å². The number of hydrogen-bond donors (Lipinski definition) is 1. The smallest absolute Gasteiger partial charge is 0.166 e. The summed E-state index contributed by atoms with van der Waals surface area (Å²) in [5.74, 6) is 0. The Labute approximate surface area is 102 Å². The number of fused-ring (bicyclic) bond motifs is 1. The first-order valence-corrected chi connectivity index (χ1v) is 5.56. The number of hydrogen-bond acceptors (Lipinski definition) is 4. The molecule has 0 atom stereocenters. The monoisotopic (exact) mass is 243 g/mol. The van der Waals surface area contributed by atoms with Gasteiger partial charge in [-0.05, 0) is 5.56 Å². The molecule has 0 bridgehead atoms. The van der Waals surface area contributed by atoms with E-state index in [2.05, 4.69) is 20.3 Å². The maximum atomic E-state index is 5.08. The zero-order valence-corrected chi connectivity index (χ0v) is 9.68. The van der Waals surface area contributed by atoms with Crippen LogP contribution in [-0.2, 0) is 6.54 Å². The van der Waals surface area contributed by atoms with Gasteiger partial charge in [0.25, 0.3) is 0 Å². The average molecular weight is 243 g/mol. The molecule has 1 N–H and O–H groups in total. The van der Waals surface area contributed by atoms with E-state index in [1.54, 1.807) is 11.0 Å². The Morgan fingerprint density at radius 3 is 2.88 bits per heavy atom. The third-order valence-electron chi connectivity index (χ3n) is 2.50. The number of nitrogens with one attached hydrogen (secondary N) is 1. The molecule has 0 radical (unpaired) electrons. The molecule has 0 saturated carbocycles. The number of rotatable bonds is 2. The molecular formula is C11H9N5S. The summed E-state index contributed by atoms with van der Waals surface area (Å²) in [5.41, 5.74) is 2.60. The number of H-pyrrole nitrogens is 1. The van der Waals surface area contributed by atoms with Crippen LogP contribution in [0.2, 0.25) is 0 Å². The molecule has 17 heavy (non-hydrogen) atoms. The highest BCUT2D eigenvalue weighted by Gasteiger charge is 2.06. The Morgan fingerprint density at radius 2 is 2.06 bits per heavy atom. The van der Waals surface area contributed by atoms with E-state index in [1.165, 1.54) is 0 Å². The topological polar surface area (TPSA) is 59.4 Å². The standard InChI is InChI=1S/C11H9N5S/c17-11-9-10(12-7-13-11)16(15-14-9)6-8-4-2-1-3-5-8/h1-5,7H,6H2,(H,12,13,17). The fraction of sp³-hybridized carbons (Fsp3) is 0.0909. The summed E-state index contributed by atoms with van der Waals surface area (Å²) in [5, 5.41) is 8.11. The first-order chi connectivity index (χ1) is 8.34. The average Bonchev–Trinajstić information content (AvgIpc) is 2.76. The molecule has 0 spiro atoms. The van der Waals surface area contributed by atoms with Crippen LogP contribution < -0.4 is 0 Å². The second-order valence-corrected chi connectivity index (χ2v) is 4.02. The van der Waals surface area contributed by atoms with Gasteiger partial charge in [-0.3, -0.25) is 0 Å². The molecule has 0 aliphatic heterocycles. The minimum atomic E-state index is 0.470. The van der Waals surface area contributed by atoms with E-state index in [-0.39, 0.29) is 0 Å². The Hall–Kier alpha value is -2.08. The van der Waals surface area contributed by atoms with Crippen LogP contribution in [0.5, 0.6) is 0 Å². The molecule has 2 heterocycles. The van der Waals surface area contributed by atoms with Gasteiger partial charge in [0.1, 0.15) is 0 Å². The quantitative estimate of drug-likeness (QED) is 0.699. The number of aromatic amines is 1. The normalized spacial score (nSPS) is 10.8. The van der Waals surface area contributed by atoms with Crippen LogP contribution in [0, 0.1) is 4.64 Å². The molecule has 1 aromatic carbocycles. The van der Waals surface area contributed by atoms with Crippen molar-refractivity contribution in [3.05, 3.63) is 46.9 Å². The van der Waals surface area contributed by atoms with Crippen molar-refractivity contribution in [3.8, 4) is 0 Å². The third kappa shape index (κ3) is 1.83. The van der Waals surface area contributed by atoms with Gasteiger partial charge in [0.15, 0.2) is 15.8 Å². The first kappa shape index (κ1) is 10.1. The second kappa shape index (κ2) is 4.06. The molecule has 5 nitrogen and oxygen atoms in total. The molecule has 0 aliphatic rings. The lowest BCUT2D eigenvalue weighted by atomic mass is 10.2. The van der Waals surface area contributed by atoms with Gasteiger partial charge in [0.2, 0.25) is 0 Å². The van der Waals surface area contributed by atoms with E-state index >= 15 is 0 Å². The van der Waals surface area contributed by atoms with Crippen LogP contribution in [0.1, 0.15) is 5.56 Å². The first-order valence-electron chi connectivity index (χ1n) is 5.15. The third-order valence-corrected chi connectivity index (χ3v) is 2.79. The summed E-state index contributed by atoms with van der Waals surface area (Å²) in [6.45, 7) is 0.659. The second-order valence-electron chi connectivity index (χ2n) is 3.64. The van der Waals surface area contributed by atoms with Crippen molar-refractivity contribution in [3.63, 3.8) is 0 Å². The van der Waals surface area contributed by atoms with E-state index in [9.17, 15) is 0 Å². The van der Waals surface area contributed by atoms with Gasteiger partial charge in [-0.15, -0.1) is 5.10 Å². The molecule has 6 heteroatoms. The van der Waals surface area contributed by atoms with E-state index in [0.717, 1.165) is 11.2 Å². The van der Waals surface area contributed by atoms with Crippen molar-refractivity contribution in [2.75, 3.05) is 0 Å². The van der Waals surface area contributed by atoms with E-state index in [0.29, 0.717) is 16.7 Å². The minimum Gasteiger partial charge on any atom is -0.329 e. The highest BCUT2D eigenvalue weighted by Crippen LogP contribution is 2.09. The van der Waals surface area contributed by atoms with Gasteiger partial charge >= 0.3 is 0 Å². The number of benzene rings is 1. The highest BCUT2D eigenvalue weighted by atomic mass is 32.1. The molecule has 84 valence electrons. The Morgan fingerprint density at radius 1 is 1.24 bits per heavy atom. The minimum absolute atomic E-state index is 0.470. The Bertz CT molecular complexity index is 700. The lowest BCUT2D eigenvalue weighted by Crippen LogP contribution is -2.02.